The van der Waals surface area contributed by atoms with Crippen molar-refractivity contribution in [3.05, 3.63) is 34.2 Å². The van der Waals surface area contributed by atoms with Gasteiger partial charge in [-0.1, -0.05) is 0 Å². The molecule has 0 aliphatic carbocycles. The number of rotatable bonds is 1. The third kappa shape index (κ3) is 1.26. The second kappa shape index (κ2) is 3.20. The number of imidazole rings is 1. The molecule has 0 amide bonds. The minimum absolute atomic E-state index is 0.0266. The highest BCUT2D eigenvalue weighted by Crippen LogP contribution is 2.20. The fourth-order valence-electron chi connectivity index (χ4n) is 1.47. The lowest BCUT2D eigenvalue weighted by Crippen LogP contribution is -2.01. The Hall–Kier alpha value is -1.16. The maximum absolute atomic E-state index is 11.3. The number of hydrogen-bond donors (Lipinski definition) is 0. The van der Waals surface area contributed by atoms with Gasteiger partial charge in [-0.3, -0.25) is 9.20 Å². The van der Waals surface area contributed by atoms with E-state index in [0.29, 0.717) is 5.69 Å². The summed E-state index contributed by atoms with van der Waals surface area (Å²) < 4.78 is 2.75. The number of carbonyl (C=O) groups is 1. The third-order valence-corrected chi connectivity index (χ3v) is 2.78. The Bertz CT molecular complexity index is 516. The number of aryl methyl sites for hydroxylation is 1. The fraction of sp³-hybridized carbons (Fsp3) is 0.200. The quantitative estimate of drug-likeness (QED) is 0.732. The van der Waals surface area contributed by atoms with Gasteiger partial charge in [-0.05, 0) is 35.0 Å². The van der Waals surface area contributed by atoms with Crippen LogP contribution in [0.25, 0.3) is 5.65 Å². The summed E-state index contributed by atoms with van der Waals surface area (Å²) in [6.45, 7) is 3.50. The monoisotopic (exact) mass is 252 g/mol. The van der Waals surface area contributed by atoms with Crippen LogP contribution in [0.5, 0.6) is 0 Å². The summed E-state index contributed by atoms with van der Waals surface area (Å²) >= 11 is 3.40. The van der Waals surface area contributed by atoms with E-state index < -0.39 is 0 Å². The molecule has 2 aromatic rings. The summed E-state index contributed by atoms with van der Waals surface area (Å²) in [6, 6.07) is 3.88. The van der Waals surface area contributed by atoms with Gasteiger partial charge in [0.25, 0.3) is 0 Å². The van der Waals surface area contributed by atoms with E-state index in [1.165, 1.54) is 0 Å². The van der Waals surface area contributed by atoms with Crippen LogP contribution >= 0.6 is 15.9 Å². The average molecular weight is 253 g/mol. The summed E-state index contributed by atoms with van der Waals surface area (Å²) in [5.41, 5.74) is 2.42. The first-order valence-corrected chi connectivity index (χ1v) is 5.04. The number of ketones is 1. The number of hydrogen-bond acceptors (Lipinski definition) is 2. The lowest BCUT2D eigenvalue weighted by Gasteiger charge is -2.03. The van der Waals surface area contributed by atoms with Crippen molar-refractivity contribution in [2.45, 2.75) is 13.8 Å². The summed E-state index contributed by atoms with van der Waals surface area (Å²) in [4.78, 5) is 15.5. The van der Waals surface area contributed by atoms with Gasteiger partial charge in [0.15, 0.2) is 11.4 Å². The topological polar surface area (TPSA) is 34.4 Å². The Morgan fingerprint density at radius 2 is 2.21 bits per heavy atom. The van der Waals surface area contributed by atoms with Gasteiger partial charge in [0.05, 0.1) is 10.7 Å². The van der Waals surface area contributed by atoms with Crippen LogP contribution in [0, 0.1) is 6.92 Å². The van der Waals surface area contributed by atoms with Crippen molar-refractivity contribution >= 4 is 27.4 Å². The molecule has 0 aromatic carbocycles. The molecule has 4 heteroatoms. The standard InChI is InChI=1S/C10H9BrN2O/c1-6-3-4-8(11)10-12-5-9(7(2)14)13(6)10/h3-5H,1-2H3. The Labute approximate surface area is 89.9 Å². The minimum Gasteiger partial charge on any atom is -0.293 e. The van der Waals surface area contributed by atoms with Crippen LogP contribution in [0.3, 0.4) is 0 Å². The van der Waals surface area contributed by atoms with E-state index >= 15 is 0 Å². The van der Waals surface area contributed by atoms with Crippen molar-refractivity contribution in [3.8, 4) is 0 Å². The second-order valence-electron chi connectivity index (χ2n) is 3.18. The molecular weight excluding hydrogens is 244 g/mol. The van der Waals surface area contributed by atoms with Gasteiger partial charge in [-0.25, -0.2) is 4.98 Å². The van der Waals surface area contributed by atoms with Crippen LogP contribution in [-0.2, 0) is 0 Å². The fourth-order valence-corrected chi connectivity index (χ4v) is 1.88. The van der Waals surface area contributed by atoms with Crippen LogP contribution in [0.15, 0.2) is 22.8 Å². The predicted molar refractivity (Wildman–Crippen MR) is 57.6 cm³/mol. The highest BCUT2D eigenvalue weighted by Gasteiger charge is 2.10. The molecule has 0 aliphatic rings. The summed E-state index contributed by atoms with van der Waals surface area (Å²) in [5.74, 6) is 0.0266. The Morgan fingerprint density at radius 1 is 1.50 bits per heavy atom. The zero-order valence-electron chi connectivity index (χ0n) is 7.91. The van der Waals surface area contributed by atoms with E-state index in [2.05, 4.69) is 20.9 Å². The number of carbonyl (C=O) groups excluding carboxylic acids is 1. The molecule has 0 unspecified atom stereocenters. The van der Waals surface area contributed by atoms with E-state index in [-0.39, 0.29) is 5.78 Å². The SMILES string of the molecule is CC(=O)c1cnc2c(Br)ccc(C)n12. The van der Waals surface area contributed by atoms with Crippen molar-refractivity contribution in [2.75, 3.05) is 0 Å². The molecule has 0 radical (unpaired) electrons. The molecule has 14 heavy (non-hydrogen) atoms. The number of pyridine rings is 1. The van der Waals surface area contributed by atoms with Gasteiger partial charge in [0.1, 0.15) is 5.69 Å². The van der Waals surface area contributed by atoms with Crippen LogP contribution in [-0.4, -0.2) is 15.2 Å². The average Bonchev–Trinajstić information content (AvgIpc) is 2.56. The maximum atomic E-state index is 11.3. The van der Waals surface area contributed by atoms with E-state index in [1.807, 2.05) is 23.5 Å². The van der Waals surface area contributed by atoms with Gasteiger partial charge in [-0.15, -0.1) is 0 Å². The molecule has 0 fully saturated rings. The molecule has 2 heterocycles. The smallest absolute Gasteiger partial charge is 0.178 e. The number of fused-ring (bicyclic) bond motifs is 1. The molecule has 0 aliphatic heterocycles. The predicted octanol–water partition coefficient (Wildman–Crippen LogP) is 2.61. The van der Waals surface area contributed by atoms with Crippen molar-refractivity contribution in [2.24, 2.45) is 0 Å². The van der Waals surface area contributed by atoms with E-state index in [9.17, 15) is 4.79 Å². The van der Waals surface area contributed by atoms with Crippen molar-refractivity contribution < 1.29 is 4.79 Å². The van der Waals surface area contributed by atoms with Gasteiger partial charge >= 0.3 is 0 Å². The Balaban J connectivity index is 2.90. The molecule has 0 saturated carbocycles. The van der Waals surface area contributed by atoms with E-state index in [4.69, 9.17) is 0 Å². The Morgan fingerprint density at radius 3 is 2.86 bits per heavy atom. The summed E-state index contributed by atoms with van der Waals surface area (Å²) in [7, 11) is 0. The first-order chi connectivity index (χ1) is 6.61. The number of aromatic nitrogens is 2. The van der Waals surface area contributed by atoms with E-state index in [0.717, 1.165) is 15.8 Å². The molecule has 0 bridgehead atoms. The molecule has 2 rings (SSSR count). The molecule has 0 atom stereocenters. The zero-order chi connectivity index (χ0) is 10.3. The second-order valence-corrected chi connectivity index (χ2v) is 4.04. The summed E-state index contributed by atoms with van der Waals surface area (Å²) in [5, 5.41) is 0. The van der Waals surface area contributed by atoms with Crippen LogP contribution in [0.4, 0.5) is 0 Å². The molecule has 0 saturated heterocycles. The lowest BCUT2D eigenvalue weighted by atomic mass is 10.3. The number of nitrogens with zero attached hydrogens (tertiary/aromatic N) is 2. The van der Waals surface area contributed by atoms with Crippen LogP contribution in [0.1, 0.15) is 23.1 Å². The molecule has 0 N–H and O–H groups in total. The third-order valence-electron chi connectivity index (χ3n) is 2.16. The molecule has 72 valence electrons. The molecule has 2 aromatic heterocycles. The number of halogens is 1. The first kappa shape index (κ1) is 9.40. The van der Waals surface area contributed by atoms with Crippen LogP contribution in [0.2, 0.25) is 0 Å². The lowest BCUT2D eigenvalue weighted by molar-refractivity contribution is 0.101. The molecule has 3 nitrogen and oxygen atoms in total. The normalized spacial score (nSPS) is 10.8. The van der Waals surface area contributed by atoms with Gasteiger partial charge in [-0.2, -0.15) is 0 Å². The number of Topliss-reactive ketones (excluding diaryl/α,β-unsaturated/α-hetero) is 1. The highest BCUT2D eigenvalue weighted by atomic mass is 79.9. The Kier molecular flexibility index (Phi) is 2.15. The highest BCUT2D eigenvalue weighted by molar-refractivity contribution is 9.10. The maximum Gasteiger partial charge on any atom is 0.178 e. The first-order valence-electron chi connectivity index (χ1n) is 4.25. The van der Waals surface area contributed by atoms with Crippen LogP contribution < -0.4 is 0 Å². The molecule has 0 spiro atoms. The largest absolute Gasteiger partial charge is 0.293 e. The van der Waals surface area contributed by atoms with E-state index in [1.54, 1.807) is 13.1 Å². The zero-order valence-corrected chi connectivity index (χ0v) is 9.50. The van der Waals surface area contributed by atoms with Gasteiger partial charge < -0.3 is 0 Å². The summed E-state index contributed by atoms with van der Waals surface area (Å²) in [6.07, 6.45) is 1.61. The van der Waals surface area contributed by atoms with Gasteiger partial charge in [0, 0.05) is 12.6 Å². The minimum atomic E-state index is 0.0266. The van der Waals surface area contributed by atoms with Crippen molar-refractivity contribution in [3.63, 3.8) is 0 Å². The van der Waals surface area contributed by atoms with Gasteiger partial charge in [0.2, 0.25) is 0 Å². The molecular formula is C10H9BrN2O. The van der Waals surface area contributed by atoms with Crippen molar-refractivity contribution in [1.29, 1.82) is 0 Å². The van der Waals surface area contributed by atoms with Crippen molar-refractivity contribution in [1.82, 2.24) is 9.38 Å².